The van der Waals surface area contributed by atoms with Gasteiger partial charge in [-0.1, -0.05) is 44.2 Å². The summed E-state index contributed by atoms with van der Waals surface area (Å²) < 4.78 is 2.42. The van der Waals surface area contributed by atoms with E-state index < -0.39 is 0 Å². The van der Waals surface area contributed by atoms with E-state index in [4.69, 9.17) is 0 Å². The molecule has 1 saturated heterocycles. The third kappa shape index (κ3) is 4.72. The molecular formula is C31H37N3O. The van der Waals surface area contributed by atoms with Crippen LogP contribution in [0, 0.1) is 12.8 Å². The van der Waals surface area contributed by atoms with Crippen molar-refractivity contribution in [2.24, 2.45) is 5.92 Å². The SMILES string of the molecule is CCn1c2ccccc2c2cc(CN3CCC(c4cc(NC(=O)C(C)C)ccc4C)CC3)ccc21. The van der Waals surface area contributed by atoms with Crippen LogP contribution in [-0.2, 0) is 17.9 Å². The van der Waals surface area contributed by atoms with Gasteiger partial charge in [-0.2, -0.15) is 0 Å². The first-order valence-electron chi connectivity index (χ1n) is 13.1. The third-order valence-corrected chi connectivity index (χ3v) is 7.66. The Kier molecular flexibility index (Phi) is 6.66. The van der Waals surface area contributed by atoms with Gasteiger partial charge in [-0.25, -0.2) is 0 Å². The maximum absolute atomic E-state index is 12.2. The van der Waals surface area contributed by atoms with E-state index in [1.807, 2.05) is 19.9 Å². The Morgan fingerprint density at radius 2 is 1.71 bits per heavy atom. The van der Waals surface area contributed by atoms with Crippen molar-refractivity contribution in [3.05, 3.63) is 77.4 Å². The van der Waals surface area contributed by atoms with Crippen LogP contribution < -0.4 is 5.32 Å². The topological polar surface area (TPSA) is 37.3 Å². The van der Waals surface area contributed by atoms with Crippen molar-refractivity contribution in [3.63, 3.8) is 0 Å². The predicted octanol–water partition coefficient (Wildman–Crippen LogP) is 7.10. The van der Waals surface area contributed by atoms with Gasteiger partial charge in [0.25, 0.3) is 0 Å². The molecule has 4 nitrogen and oxygen atoms in total. The fraction of sp³-hybridized carbons (Fsp3) is 0.387. The van der Waals surface area contributed by atoms with Crippen molar-refractivity contribution in [2.75, 3.05) is 18.4 Å². The molecule has 5 rings (SSSR count). The van der Waals surface area contributed by atoms with Crippen molar-refractivity contribution in [2.45, 2.75) is 59.5 Å². The highest BCUT2D eigenvalue weighted by Gasteiger charge is 2.23. The standard InChI is InChI=1S/C31H37N3O/c1-5-34-29-9-7-6-8-26(29)28-18-23(11-13-30(28)34)20-33-16-14-24(15-17-33)27-19-25(12-10-22(27)4)32-31(35)21(2)3/h6-13,18-19,21,24H,5,14-17,20H2,1-4H3,(H,32,35). The molecule has 4 heteroatoms. The number of hydrogen-bond donors (Lipinski definition) is 1. The molecule has 1 fully saturated rings. The van der Waals surface area contributed by atoms with Gasteiger partial charge >= 0.3 is 0 Å². The lowest BCUT2D eigenvalue weighted by molar-refractivity contribution is -0.118. The summed E-state index contributed by atoms with van der Waals surface area (Å²) in [6.45, 7) is 12.5. The lowest BCUT2D eigenvalue weighted by Gasteiger charge is -2.33. The van der Waals surface area contributed by atoms with Gasteiger partial charge in [-0.15, -0.1) is 0 Å². The number of nitrogens with one attached hydrogen (secondary N) is 1. The number of anilines is 1. The second-order valence-electron chi connectivity index (χ2n) is 10.4. The summed E-state index contributed by atoms with van der Waals surface area (Å²) in [6.07, 6.45) is 2.31. The molecule has 35 heavy (non-hydrogen) atoms. The Balaban J connectivity index is 1.28. The Bertz CT molecular complexity index is 1360. The Hall–Kier alpha value is -3.11. The first-order chi connectivity index (χ1) is 16.9. The molecule has 0 unspecified atom stereocenters. The van der Waals surface area contributed by atoms with Crippen molar-refractivity contribution in [3.8, 4) is 0 Å². The molecule has 4 aromatic rings. The van der Waals surface area contributed by atoms with Crippen molar-refractivity contribution in [1.82, 2.24) is 9.47 Å². The zero-order valence-electron chi connectivity index (χ0n) is 21.5. The van der Waals surface area contributed by atoms with Gasteiger partial charge in [0.15, 0.2) is 0 Å². The van der Waals surface area contributed by atoms with Crippen LogP contribution in [0.1, 0.15) is 56.2 Å². The molecular weight excluding hydrogens is 430 g/mol. The highest BCUT2D eigenvalue weighted by molar-refractivity contribution is 6.08. The quantitative estimate of drug-likeness (QED) is 0.328. The molecule has 1 aliphatic heterocycles. The molecule has 0 radical (unpaired) electrons. The molecule has 0 saturated carbocycles. The molecule has 0 aliphatic carbocycles. The van der Waals surface area contributed by atoms with Crippen LogP contribution in [-0.4, -0.2) is 28.5 Å². The van der Waals surface area contributed by atoms with Gasteiger partial charge in [0, 0.05) is 46.5 Å². The first kappa shape index (κ1) is 23.6. The lowest BCUT2D eigenvalue weighted by Crippen LogP contribution is -2.32. The van der Waals surface area contributed by atoms with Gasteiger partial charge in [0.1, 0.15) is 0 Å². The van der Waals surface area contributed by atoms with Crippen LogP contribution in [0.25, 0.3) is 21.8 Å². The highest BCUT2D eigenvalue weighted by Crippen LogP contribution is 2.34. The predicted molar refractivity (Wildman–Crippen MR) is 147 cm³/mol. The third-order valence-electron chi connectivity index (χ3n) is 7.66. The van der Waals surface area contributed by atoms with E-state index in [1.165, 1.54) is 38.5 Å². The summed E-state index contributed by atoms with van der Waals surface area (Å²) in [4.78, 5) is 14.7. The summed E-state index contributed by atoms with van der Waals surface area (Å²) in [5.74, 6) is 0.613. The minimum Gasteiger partial charge on any atom is -0.341 e. The molecule has 1 aliphatic rings. The summed E-state index contributed by atoms with van der Waals surface area (Å²) in [7, 11) is 0. The normalized spacial score (nSPS) is 15.3. The molecule has 2 heterocycles. The molecule has 1 amide bonds. The number of amides is 1. The zero-order valence-corrected chi connectivity index (χ0v) is 21.5. The molecule has 182 valence electrons. The number of carbonyl (C=O) groups excluding carboxylic acids is 1. The Morgan fingerprint density at radius 1 is 0.971 bits per heavy atom. The number of benzene rings is 3. The molecule has 1 N–H and O–H groups in total. The first-order valence-corrected chi connectivity index (χ1v) is 13.1. The van der Waals surface area contributed by atoms with Crippen LogP contribution in [0.5, 0.6) is 0 Å². The number of aryl methyl sites for hydroxylation is 2. The molecule has 1 aromatic heterocycles. The molecule has 0 spiro atoms. The summed E-state index contributed by atoms with van der Waals surface area (Å²) in [6, 6.07) is 22.2. The van der Waals surface area contributed by atoms with Gasteiger partial charge in [0.2, 0.25) is 5.91 Å². The van der Waals surface area contributed by atoms with Crippen molar-refractivity contribution < 1.29 is 4.79 Å². The summed E-state index contributed by atoms with van der Waals surface area (Å²) in [5.41, 5.74) is 7.68. The maximum Gasteiger partial charge on any atom is 0.226 e. The Morgan fingerprint density at radius 3 is 2.46 bits per heavy atom. The highest BCUT2D eigenvalue weighted by atomic mass is 16.1. The zero-order chi connectivity index (χ0) is 24.5. The summed E-state index contributed by atoms with van der Waals surface area (Å²) in [5, 5.41) is 5.79. The van der Waals surface area contributed by atoms with Gasteiger partial charge < -0.3 is 9.88 Å². The fourth-order valence-electron chi connectivity index (χ4n) is 5.64. The van der Waals surface area contributed by atoms with Gasteiger partial charge in [-0.3, -0.25) is 9.69 Å². The van der Waals surface area contributed by atoms with Crippen molar-refractivity contribution >= 4 is 33.4 Å². The van der Waals surface area contributed by atoms with E-state index in [0.29, 0.717) is 5.92 Å². The number of para-hydroxylation sites is 1. The number of piperidine rings is 1. The van der Waals surface area contributed by atoms with E-state index in [1.54, 1.807) is 0 Å². The molecule has 0 atom stereocenters. The lowest BCUT2D eigenvalue weighted by atomic mass is 9.86. The summed E-state index contributed by atoms with van der Waals surface area (Å²) >= 11 is 0. The van der Waals surface area contributed by atoms with E-state index >= 15 is 0 Å². The van der Waals surface area contributed by atoms with E-state index in [-0.39, 0.29) is 11.8 Å². The van der Waals surface area contributed by atoms with Gasteiger partial charge in [-0.05, 0) is 92.7 Å². The van der Waals surface area contributed by atoms with Crippen LogP contribution in [0.3, 0.4) is 0 Å². The van der Waals surface area contributed by atoms with Crippen molar-refractivity contribution in [1.29, 1.82) is 0 Å². The average Bonchev–Trinajstić information content (AvgIpc) is 3.18. The van der Waals surface area contributed by atoms with E-state index in [0.717, 1.165) is 44.7 Å². The number of rotatable bonds is 6. The van der Waals surface area contributed by atoms with E-state index in [9.17, 15) is 4.79 Å². The number of likely N-dealkylation sites (tertiary alicyclic amines) is 1. The number of aromatic nitrogens is 1. The Labute approximate surface area is 208 Å². The van der Waals surface area contributed by atoms with Crippen LogP contribution >= 0.6 is 0 Å². The van der Waals surface area contributed by atoms with Gasteiger partial charge in [0.05, 0.1) is 0 Å². The average molecular weight is 468 g/mol. The van der Waals surface area contributed by atoms with Crippen LogP contribution in [0.15, 0.2) is 60.7 Å². The maximum atomic E-state index is 12.2. The van der Waals surface area contributed by atoms with Crippen LogP contribution in [0.4, 0.5) is 5.69 Å². The second-order valence-corrected chi connectivity index (χ2v) is 10.4. The molecule has 3 aromatic carbocycles. The van der Waals surface area contributed by atoms with Crippen LogP contribution in [0.2, 0.25) is 0 Å². The smallest absolute Gasteiger partial charge is 0.226 e. The second kappa shape index (κ2) is 9.87. The number of fused-ring (bicyclic) bond motifs is 3. The largest absolute Gasteiger partial charge is 0.341 e. The number of carbonyl (C=O) groups is 1. The number of nitrogens with zero attached hydrogens (tertiary/aromatic N) is 2. The number of hydrogen-bond acceptors (Lipinski definition) is 2. The minimum atomic E-state index is -0.0132. The fourth-order valence-corrected chi connectivity index (χ4v) is 5.64. The minimum absolute atomic E-state index is 0.0132. The van der Waals surface area contributed by atoms with E-state index in [2.05, 4.69) is 83.2 Å². The molecule has 0 bridgehead atoms. The monoisotopic (exact) mass is 467 g/mol.